The highest BCUT2D eigenvalue weighted by Gasteiger charge is 2.17. The van der Waals surface area contributed by atoms with Gasteiger partial charge in [-0.3, -0.25) is 9.69 Å². The molecule has 0 spiro atoms. The number of aldehydes is 1. The Kier molecular flexibility index (Phi) is 3.22. The molecule has 0 aromatic carbocycles. The Morgan fingerprint density at radius 1 is 1.33 bits per heavy atom. The summed E-state index contributed by atoms with van der Waals surface area (Å²) in [6.45, 7) is 5.21. The molecule has 4 heteroatoms. The van der Waals surface area contributed by atoms with Crippen molar-refractivity contribution in [3.63, 3.8) is 0 Å². The summed E-state index contributed by atoms with van der Waals surface area (Å²) in [5.41, 5.74) is 0. The highest BCUT2D eigenvalue weighted by atomic mass is 16.2. The minimum atomic E-state index is 0.126. The fourth-order valence-corrected chi connectivity index (χ4v) is 1.35. The van der Waals surface area contributed by atoms with Crippen LogP contribution in [-0.4, -0.2) is 54.7 Å². The summed E-state index contributed by atoms with van der Waals surface area (Å²) in [4.78, 5) is 24.9. The fourth-order valence-electron chi connectivity index (χ4n) is 1.35. The molecule has 1 amide bonds. The van der Waals surface area contributed by atoms with Gasteiger partial charge in [-0.05, 0) is 0 Å². The summed E-state index contributed by atoms with van der Waals surface area (Å²) < 4.78 is 0. The number of piperazine rings is 1. The standard InChI is InChI=1S/C8H14N2O2/c1-8(12)10-4-2-9(3-5-10)6-7-11/h7H,2-6H2,1H3. The van der Waals surface area contributed by atoms with Crippen LogP contribution in [-0.2, 0) is 9.59 Å². The summed E-state index contributed by atoms with van der Waals surface area (Å²) in [7, 11) is 0. The van der Waals surface area contributed by atoms with Crippen molar-refractivity contribution in [2.24, 2.45) is 0 Å². The van der Waals surface area contributed by atoms with Gasteiger partial charge in [0.15, 0.2) is 0 Å². The Balaban J connectivity index is 2.29. The second-order valence-electron chi connectivity index (χ2n) is 2.97. The van der Waals surface area contributed by atoms with Gasteiger partial charge in [0, 0.05) is 33.1 Å². The highest BCUT2D eigenvalue weighted by Crippen LogP contribution is 2.00. The van der Waals surface area contributed by atoms with Crippen molar-refractivity contribution >= 4 is 12.2 Å². The molecular weight excluding hydrogens is 156 g/mol. The second-order valence-corrected chi connectivity index (χ2v) is 2.97. The monoisotopic (exact) mass is 170 g/mol. The molecule has 1 heterocycles. The van der Waals surface area contributed by atoms with Crippen LogP contribution >= 0.6 is 0 Å². The normalized spacial score (nSPS) is 19.2. The molecule has 68 valence electrons. The van der Waals surface area contributed by atoms with E-state index in [9.17, 15) is 9.59 Å². The third-order valence-corrected chi connectivity index (χ3v) is 2.15. The molecule has 0 bridgehead atoms. The van der Waals surface area contributed by atoms with E-state index >= 15 is 0 Å². The third kappa shape index (κ3) is 2.30. The van der Waals surface area contributed by atoms with Gasteiger partial charge in [-0.2, -0.15) is 0 Å². The van der Waals surface area contributed by atoms with Crippen LogP contribution in [0.25, 0.3) is 0 Å². The van der Waals surface area contributed by atoms with Crippen LogP contribution < -0.4 is 0 Å². The molecule has 1 rings (SSSR count). The Hall–Kier alpha value is -0.900. The fraction of sp³-hybridized carbons (Fsp3) is 0.750. The molecule has 0 N–H and O–H groups in total. The van der Waals surface area contributed by atoms with E-state index in [4.69, 9.17) is 0 Å². The molecule has 0 aliphatic carbocycles. The van der Waals surface area contributed by atoms with Crippen molar-refractivity contribution in [1.29, 1.82) is 0 Å². The zero-order chi connectivity index (χ0) is 8.97. The summed E-state index contributed by atoms with van der Waals surface area (Å²) in [5.74, 6) is 0.126. The number of nitrogens with zero attached hydrogens (tertiary/aromatic N) is 2. The first-order valence-electron chi connectivity index (χ1n) is 4.15. The highest BCUT2D eigenvalue weighted by molar-refractivity contribution is 5.73. The average molecular weight is 170 g/mol. The first kappa shape index (κ1) is 9.19. The molecule has 12 heavy (non-hydrogen) atoms. The van der Waals surface area contributed by atoms with Crippen molar-refractivity contribution in [2.75, 3.05) is 32.7 Å². The number of hydrogen-bond acceptors (Lipinski definition) is 3. The second kappa shape index (κ2) is 4.21. The maximum atomic E-state index is 10.9. The van der Waals surface area contributed by atoms with Gasteiger partial charge in [0.05, 0.1) is 6.54 Å². The van der Waals surface area contributed by atoms with Gasteiger partial charge in [-0.1, -0.05) is 0 Å². The van der Waals surface area contributed by atoms with E-state index in [0.29, 0.717) is 6.54 Å². The third-order valence-electron chi connectivity index (χ3n) is 2.15. The molecule has 1 aliphatic rings. The van der Waals surface area contributed by atoms with Gasteiger partial charge in [-0.15, -0.1) is 0 Å². The smallest absolute Gasteiger partial charge is 0.219 e. The lowest BCUT2D eigenvalue weighted by Crippen LogP contribution is -2.48. The predicted molar refractivity (Wildman–Crippen MR) is 44.8 cm³/mol. The van der Waals surface area contributed by atoms with Gasteiger partial charge in [0.25, 0.3) is 0 Å². The quantitative estimate of drug-likeness (QED) is 0.517. The first-order valence-corrected chi connectivity index (χ1v) is 4.15. The summed E-state index contributed by atoms with van der Waals surface area (Å²) in [5, 5.41) is 0. The van der Waals surface area contributed by atoms with E-state index in [1.807, 2.05) is 4.90 Å². The van der Waals surface area contributed by atoms with Crippen LogP contribution in [0.5, 0.6) is 0 Å². The van der Waals surface area contributed by atoms with E-state index in [2.05, 4.69) is 0 Å². The summed E-state index contributed by atoms with van der Waals surface area (Å²) >= 11 is 0. The molecule has 0 saturated carbocycles. The number of amides is 1. The molecule has 4 nitrogen and oxygen atoms in total. The Labute approximate surface area is 72.1 Å². The lowest BCUT2D eigenvalue weighted by Gasteiger charge is -2.32. The molecule has 1 aliphatic heterocycles. The number of rotatable bonds is 2. The lowest BCUT2D eigenvalue weighted by atomic mass is 10.3. The van der Waals surface area contributed by atoms with Crippen molar-refractivity contribution in [3.05, 3.63) is 0 Å². The van der Waals surface area contributed by atoms with Crippen LogP contribution in [0.1, 0.15) is 6.92 Å². The Bertz CT molecular complexity index is 174. The average Bonchev–Trinajstić information content (AvgIpc) is 2.06. The Morgan fingerprint density at radius 2 is 1.92 bits per heavy atom. The van der Waals surface area contributed by atoms with Crippen LogP contribution in [0.4, 0.5) is 0 Å². The van der Waals surface area contributed by atoms with Crippen LogP contribution in [0, 0.1) is 0 Å². The van der Waals surface area contributed by atoms with Crippen LogP contribution in [0.2, 0.25) is 0 Å². The van der Waals surface area contributed by atoms with Gasteiger partial charge in [-0.25, -0.2) is 0 Å². The molecule has 1 saturated heterocycles. The molecular formula is C8H14N2O2. The van der Waals surface area contributed by atoms with Gasteiger partial charge < -0.3 is 9.69 Å². The van der Waals surface area contributed by atoms with Gasteiger partial charge in [0.1, 0.15) is 6.29 Å². The van der Waals surface area contributed by atoms with E-state index in [-0.39, 0.29) is 5.91 Å². The van der Waals surface area contributed by atoms with Crippen LogP contribution in [0.15, 0.2) is 0 Å². The van der Waals surface area contributed by atoms with Gasteiger partial charge >= 0.3 is 0 Å². The maximum absolute atomic E-state index is 10.9. The maximum Gasteiger partial charge on any atom is 0.219 e. The molecule has 0 radical (unpaired) electrons. The van der Waals surface area contributed by atoms with E-state index < -0.39 is 0 Å². The first-order chi connectivity index (χ1) is 5.74. The van der Waals surface area contributed by atoms with Gasteiger partial charge in [0.2, 0.25) is 5.91 Å². The van der Waals surface area contributed by atoms with Crippen LogP contribution in [0.3, 0.4) is 0 Å². The minimum absolute atomic E-state index is 0.126. The SMILES string of the molecule is CC(=O)N1CCN(CC=O)CC1. The van der Waals surface area contributed by atoms with Crippen molar-refractivity contribution < 1.29 is 9.59 Å². The number of hydrogen-bond donors (Lipinski definition) is 0. The zero-order valence-corrected chi connectivity index (χ0v) is 7.32. The zero-order valence-electron chi connectivity index (χ0n) is 7.32. The van der Waals surface area contributed by atoms with E-state index in [1.165, 1.54) is 0 Å². The van der Waals surface area contributed by atoms with E-state index in [1.54, 1.807) is 11.8 Å². The minimum Gasteiger partial charge on any atom is -0.340 e. The Morgan fingerprint density at radius 3 is 2.33 bits per heavy atom. The van der Waals surface area contributed by atoms with E-state index in [0.717, 1.165) is 32.5 Å². The van der Waals surface area contributed by atoms with Crippen molar-refractivity contribution in [1.82, 2.24) is 9.80 Å². The molecule has 0 aromatic heterocycles. The number of carbonyl (C=O) groups is 2. The molecule has 0 unspecified atom stereocenters. The lowest BCUT2D eigenvalue weighted by molar-refractivity contribution is -0.130. The summed E-state index contributed by atoms with van der Waals surface area (Å²) in [6.07, 6.45) is 0.906. The largest absolute Gasteiger partial charge is 0.340 e. The summed E-state index contributed by atoms with van der Waals surface area (Å²) in [6, 6.07) is 0. The molecule has 1 fully saturated rings. The van der Waals surface area contributed by atoms with Crippen molar-refractivity contribution in [3.8, 4) is 0 Å². The molecule has 0 atom stereocenters. The predicted octanol–water partition coefficient (Wildman–Crippen LogP) is -0.651. The van der Waals surface area contributed by atoms with Crippen molar-refractivity contribution in [2.45, 2.75) is 6.92 Å². The number of carbonyl (C=O) groups excluding carboxylic acids is 2. The topological polar surface area (TPSA) is 40.6 Å². The molecule has 0 aromatic rings.